The number of hydrogen-bond acceptors (Lipinski definition) is 5. The number of hydrogen-bond donors (Lipinski definition) is 1. The van der Waals surface area contributed by atoms with E-state index in [0.29, 0.717) is 23.4 Å². The SMILES string of the molecule is Cc1ccc(C)c([C@H]2C(C#N)=C(N)N(c3cccnc3)C3=C2C(=O)CCC3)c1. The van der Waals surface area contributed by atoms with Crippen molar-refractivity contribution >= 4 is 11.5 Å². The Labute approximate surface area is 164 Å². The lowest BCUT2D eigenvalue weighted by atomic mass is 9.74. The molecule has 2 aliphatic rings. The van der Waals surface area contributed by atoms with Crippen LogP contribution in [0, 0.1) is 25.2 Å². The molecule has 2 N–H and O–H groups in total. The number of carbonyl (C=O) groups excluding carboxylic acids is 1. The molecule has 1 aliphatic carbocycles. The second-order valence-electron chi connectivity index (χ2n) is 7.39. The number of nitriles is 1. The Kier molecular flexibility index (Phi) is 4.48. The van der Waals surface area contributed by atoms with E-state index in [1.807, 2.05) is 43.0 Å². The van der Waals surface area contributed by atoms with Gasteiger partial charge in [-0.2, -0.15) is 5.26 Å². The van der Waals surface area contributed by atoms with Crippen LogP contribution in [0.25, 0.3) is 0 Å². The minimum atomic E-state index is -0.416. The van der Waals surface area contributed by atoms with Crippen LogP contribution >= 0.6 is 0 Å². The number of pyridine rings is 1. The van der Waals surface area contributed by atoms with Crippen molar-refractivity contribution in [3.8, 4) is 6.07 Å². The maximum atomic E-state index is 13.1. The first kappa shape index (κ1) is 18.0. The fourth-order valence-electron chi connectivity index (χ4n) is 4.25. The van der Waals surface area contributed by atoms with E-state index in [-0.39, 0.29) is 5.78 Å². The fourth-order valence-corrected chi connectivity index (χ4v) is 4.25. The maximum absolute atomic E-state index is 13.1. The highest BCUT2D eigenvalue weighted by molar-refractivity contribution is 6.01. The van der Waals surface area contributed by atoms with Crippen LogP contribution in [0.4, 0.5) is 5.69 Å². The summed E-state index contributed by atoms with van der Waals surface area (Å²) in [6, 6.07) is 12.2. The predicted molar refractivity (Wildman–Crippen MR) is 108 cm³/mol. The Hall–Kier alpha value is -3.39. The van der Waals surface area contributed by atoms with Gasteiger partial charge in [0.25, 0.3) is 0 Å². The van der Waals surface area contributed by atoms with Crippen LogP contribution in [0.3, 0.4) is 0 Å². The summed E-state index contributed by atoms with van der Waals surface area (Å²) in [4.78, 5) is 19.1. The number of nitrogens with zero attached hydrogens (tertiary/aromatic N) is 3. The second kappa shape index (κ2) is 6.97. The van der Waals surface area contributed by atoms with E-state index in [2.05, 4.69) is 17.1 Å². The zero-order chi connectivity index (χ0) is 19.8. The third-order valence-electron chi connectivity index (χ3n) is 5.56. The minimum Gasteiger partial charge on any atom is -0.384 e. The molecular formula is C23H22N4O. The average Bonchev–Trinajstić information content (AvgIpc) is 2.70. The van der Waals surface area contributed by atoms with Gasteiger partial charge < -0.3 is 5.73 Å². The fraction of sp³-hybridized carbons (Fsp3) is 0.261. The van der Waals surface area contributed by atoms with Crippen LogP contribution in [0.2, 0.25) is 0 Å². The Morgan fingerprint density at radius 2 is 2.07 bits per heavy atom. The summed E-state index contributed by atoms with van der Waals surface area (Å²) in [7, 11) is 0. The lowest BCUT2D eigenvalue weighted by molar-refractivity contribution is -0.116. The highest BCUT2D eigenvalue weighted by atomic mass is 16.1. The van der Waals surface area contributed by atoms with E-state index < -0.39 is 5.92 Å². The molecule has 1 aliphatic heterocycles. The van der Waals surface area contributed by atoms with Gasteiger partial charge in [0, 0.05) is 23.9 Å². The number of rotatable bonds is 2. The number of ketones is 1. The summed E-state index contributed by atoms with van der Waals surface area (Å²) in [5, 5.41) is 10.0. The Morgan fingerprint density at radius 3 is 2.79 bits per heavy atom. The molecular weight excluding hydrogens is 348 g/mol. The Balaban J connectivity index is 2.01. The van der Waals surface area contributed by atoms with Crippen LogP contribution in [-0.2, 0) is 4.79 Å². The number of anilines is 1. The number of aromatic nitrogens is 1. The van der Waals surface area contributed by atoms with Gasteiger partial charge in [0.15, 0.2) is 5.78 Å². The van der Waals surface area contributed by atoms with Gasteiger partial charge in [-0.3, -0.25) is 14.7 Å². The predicted octanol–water partition coefficient (Wildman–Crippen LogP) is 4.00. The molecule has 0 bridgehead atoms. The van der Waals surface area contributed by atoms with Crippen LogP contribution in [0.1, 0.15) is 41.9 Å². The first-order valence-electron chi connectivity index (χ1n) is 9.46. The third kappa shape index (κ3) is 2.78. The van der Waals surface area contributed by atoms with Gasteiger partial charge in [-0.1, -0.05) is 23.8 Å². The van der Waals surface area contributed by atoms with Crippen molar-refractivity contribution in [2.24, 2.45) is 5.73 Å². The molecule has 2 aromatic rings. The molecule has 4 rings (SSSR count). The highest BCUT2D eigenvalue weighted by Gasteiger charge is 2.40. The number of allylic oxidation sites excluding steroid dienone is 3. The monoisotopic (exact) mass is 370 g/mol. The zero-order valence-corrected chi connectivity index (χ0v) is 16.1. The number of Topliss-reactive ketones (excluding diaryl/α,β-unsaturated/α-hetero) is 1. The molecule has 140 valence electrons. The summed E-state index contributed by atoms with van der Waals surface area (Å²) >= 11 is 0. The molecule has 0 fully saturated rings. The summed E-state index contributed by atoms with van der Waals surface area (Å²) in [5.41, 5.74) is 12.5. The van der Waals surface area contributed by atoms with Crippen LogP contribution in [0.5, 0.6) is 0 Å². The van der Waals surface area contributed by atoms with Crippen LogP contribution < -0.4 is 10.6 Å². The first-order valence-corrected chi connectivity index (χ1v) is 9.46. The summed E-state index contributed by atoms with van der Waals surface area (Å²) < 4.78 is 0. The zero-order valence-electron chi connectivity index (χ0n) is 16.1. The Bertz CT molecular complexity index is 1060. The molecule has 5 nitrogen and oxygen atoms in total. The molecule has 28 heavy (non-hydrogen) atoms. The number of carbonyl (C=O) groups is 1. The van der Waals surface area contributed by atoms with E-state index in [9.17, 15) is 10.1 Å². The number of nitrogens with two attached hydrogens (primary N) is 1. The normalized spacial score (nSPS) is 19.5. The van der Waals surface area contributed by atoms with E-state index >= 15 is 0 Å². The maximum Gasteiger partial charge on any atom is 0.161 e. The third-order valence-corrected chi connectivity index (χ3v) is 5.56. The van der Waals surface area contributed by atoms with Crippen LogP contribution in [0.15, 0.2) is 65.4 Å². The van der Waals surface area contributed by atoms with Crippen molar-refractivity contribution in [2.75, 3.05) is 4.90 Å². The van der Waals surface area contributed by atoms with Crippen molar-refractivity contribution in [1.82, 2.24) is 4.98 Å². The smallest absolute Gasteiger partial charge is 0.161 e. The van der Waals surface area contributed by atoms with Gasteiger partial charge in [-0.05, 0) is 49.9 Å². The summed E-state index contributed by atoms with van der Waals surface area (Å²) in [5.74, 6) is 0.0665. The summed E-state index contributed by atoms with van der Waals surface area (Å²) in [6.07, 6.45) is 5.43. The van der Waals surface area contributed by atoms with Crippen molar-refractivity contribution < 1.29 is 4.79 Å². The van der Waals surface area contributed by atoms with E-state index in [1.54, 1.807) is 12.4 Å². The molecule has 2 heterocycles. The van der Waals surface area contributed by atoms with E-state index in [4.69, 9.17) is 5.73 Å². The molecule has 1 atom stereocenters. The molecule has 0 saturated heterocycles. The lowest BCUT2D eigenvalue weighted by Crippen LogP contribution is -2.38. The second-order valence-corrected chi connectivity index (χ2v) is 7.39. The molecule has 1 aromatic carbocycles. The van der Waals surface area contributed by atoms with Gasteiger partial charge >= 0.3 is 0 Å². The van der Waals surface area contributed by atoms with Gasteiger partial charge in [0.2, 0.25) is 0 Å². The molecule has 1 aromatic heterocycles. The number of benzene rings is 1. The average molecular weight is 370 g/mol. The van der Waals surface area contributed by atoms with Gasteiger partial charge in [-0.25, -0.2) is 0 Å². The molecule has 0 spiro atoms. The molecule has 0 saturated carbocycles. The first-order chi connectivity index (χ1) is 13.5. The standard InChI is InChI=1S/C23H22N4O/c1-14-8-9-15(2)17(11-14)21-18(12-24)23(25)27(16-5-4-10-26-13-16)19-6-3-7-20(28)22(19)21/h4-5,8-11,13,21H,3,6-7,25H2,1-2H3/t21-/m0/s1. The van der Waals surface area contributed by atoms with E-state index in [0.717, 1.165) is 40.9 Å². The number of aryl methyl sites for hydroxylation is 2. The quantitative estimate of drug-likeness (QED) is 0.864. The van der Waals surface area contributed by atoms with Crippen molar-refractivity contribution in [3.63, 3.8) is 0 Å². The van der Waals surface area contributed by atoms with Crippen molar-refractivity contribution in [3.05, 3.63) is 82.1 Å². The molecule has 5 heteroatoms. The highest BCUT2D eigenvalue weighted by Crippen LogP contribution is 2.46. The van der Waals surface area contributed by atoms with Crippen LogP contribution in [-0.4, -0.2) is 10.8 Å². The largest absolute Gasteiger partial charge is 0.384 e. The van der Waals surface area contributed by atoms with Crippen molar-refractivity contribution in [2.45, 2.75) is 39.0 Å². The minimum absolute atomic E-state index is 0.0984. The molecule has 0 amide bonds. The van der Waals surface area contributed by atoms with Crippen molar-refractivity contribution in [1.29, 1.82) is 5.26 Å². The molecule has 0 unspecified atom stereocenters. The van der Waals surface area contributed by atoms with E-state index in [1.165, 1.54) is 0 Å². The summed E-state index contributed by atoms with van der Waals surface area (Å²) in [6.45, 7) is 4.03. The Morgan fingerprint density at radius 1 is 1.25 bits per heavy atom. The lowest BCUT2D eigenvalue weighted by Gasteiger charge is -2.39. The van der Waals surface area contributed by atoms with Gasteiger partial charge in [-0.15, -0.1) is 0 Å². The van der Waals surface area contributed by atoms with Gasteiger partial charge in [0.1, 0.15) is 5.82 Å². The topological polar surface area (TPSA) is 83.0 Å². The van der Waals surface area contributed by atoms with Gasteiger partial charge in [0.05, 0.1) is 29.4 Å². The molecule has 0 radical (unpaired) electrons.